The van der Waals surface area contributed by atoms with E-state index in [1.54, 1.807) is 0 Å². The molecular weight excluding hydrogens is 398 g/mol. The molecule has 1 fully saturated rings. The molecule has 2 aliphatic rings. The van der Waals surface area contributed by atoms with Gasteiger partial charge in [0.05, 0.1) is 11.5 Å². The second-order valence-corrected chi connectivity index (χ2v) is 7.59. The van der Waals surface area contributed by atoms with Gasteiger partial charge in [-0.3, -0.25) is 14.9 Å². The van der Waals surface area contributed by atoms with Crippen LogP contribution in [0.3, 0.4) is 0 Å². The number of carbonyl (C=O) groups excluding carboxylic acids is 1. The zero-order valence-corrected chi connectivity index (χ0v) is 16.4. The van der Waals surface area contributed by atoms with E-state index >= 15 is 0 Å². The number of nitrogens with one attached hydrogen (secondary N) is 2. The lowest BCUT2D eigenvalue weighted by molar-refractivity contribution is -0.910. The molecule has 29 heavy (non-hydrogen) atoms. The zero-order chi connectivity index (χ0) is 20.4. The van der Waals surface area contributed by atoms with Gasteiger partial charge in [0.15, 0.2) is 18.0 Å². The van der Waals surface area contributed by atoms with Gasteiger partial charge in [0.1, 0.15) is 24.9 Å². The van der Waals surface area contributed by atoms with Crippen molar-refractivity contribution in [3.05, 3.63) is 57.1 Å². The summed E-state index contributed by atoms with van der Waals surface area (Å²) in [4.78, 5) is 24.4. The monoisotopic (exact) mass is 418 g/mol. The molecule has 2 heterocycles. The van der Waals surface area contributed by atoms with Crippen LogP contribution >= 0.6 is 11.6 Å². The van der Waals surface area contributed by atoms with Crippen LogP contribution in [0.5, 0.6) is 11.5 Å². The van der Waals surface area contributed by atoms with Crippen molar-refractivity contribution in [2.75, 3.05) is 31.6 Å². The molecule has 4 rings (SSSR count). The summed E-state index contributed by atoms with van der Waals surface area (Å²) in [7, 11) is 0. The molecule has 2 aliphatic heterocycles. The van der Waals surface area contributed by atoms with Crippen molar-refractivity contribution in [3.8, 4) is 11.5 Å². The number of benzene rings is 2. The number of nitro groups is 1. The van der Waals surface area contributed by atoms with Crippen molar-refractivity contribution < 1.29 is 24.1 Å². The molecule has 8 nitrogen and oxygen atoms in total. The van der Waals surface area contributed by atoms with E-state index in [-0.39, 0.29) is 34.9 Å². The number of fused-ring (bicyclic) bond motifs is 1. The Morgan fingerprint density at radius 3 is 2.79 bits per heavy atom. The van der Waals surface area contributed by atoms with E-state index in [0.717, 1.165) is 41.3 Å². The molecule has 2 aromatic carbocycles. The Morgan fingerprint density at radius 2 is 2.00 bits per heavy atom. The number of nitrogens with zero attached hydrogens (tertiary/aromatic N) is 1. The lowest BCUT2D eigenvalue weighted by atomic mass is 10.0. The maximum Gasteiger partial charge on any atom is 0.294 e. The van der Waals surface area contributed by atoms with Crippen molar-refractivity contribution >= 4 is 28.9 Å². The quantitative estimate of drug-likeness (QED) is 0.574. The number of rotatable bonds is 5. The fraction of sp³-hybridized carbons (Fsp3) is 0.350. The van der Waals surface area contributed by atoms with Crippen LogP contribution in [0.1, 0.15) is 24.4 Å². The van der Waals surface area contributed by atoms with Gasteiger partial charge in [-0.15, -0.1) is 0 Å². The number of quaternary nitrogens is 1. The first-order chi connectivity index (χ1) is 14.0. The molecule has 1 amide bonds. The average molecular weight is 419 g/mol. The van der Waals surface area contributed by atoms with Gasteiger partial charge in [0, 0.05) is 29.5 Å². The molecule has 2 N–H and O–H groups in total. The average Bonchev–Trinajstić information content (AvgIpc) is 3.16. The summed E-state index contributed by atoms with van der Waals surface area (Å²) < 4.78 is 11.3. The molecule has 0 aromatic heterocycles. The summed E-state index contributed by atoms with van der Waals surface area (Å²) in [6.45, 7) is 2.15. The van der Waals surface area contributed by atoms with E-state index in [2.05, 4.69) is 5.32 Å². The van der Waals surface area contributed by atoms with E-state index in [9.17, 15) is 14.9 Å². The van der Waals surface area contributed by atoms with E-state index < -0.39 is 4.92 Å². The molecular formula is C20H21ClN3O5+. The number of anilines is 1. The van der Waals surface area contributed by atoms with E-state index in [1.165, 1.54) is 18.2 Å². The molecule has 9 heteroatoms. The van der Waals surface area contributed by atoms with Gasteiger partial charge in [0.25, 0.3) is 11.6 Å². The van der Waals surface area contributed by atoms with Gasteiger partial charge in [-0.1, -0.05) is 11.6 Å². The summed E-state index contributed by atoms with van der Waals surface area (Å²) >= 11 is 5.83. The summed E-state index contributed by atoms with van der Waals surface area (Å²) in [6, 6.07) is 10.3. The van der Waals surface area contributed by atoms with Crippen LogP contribution in [-0.2, 0) is 4.79 Å². The van der Waals surface area contributed by atoms with Crippen LogP contribution in [0.2, 0.25) is 5.02 Å². The number of halogens is 1. The lowest BCUT2D eigenvalue weighted by Crippen LogP contribution is -3.11. The number of ether oxygens (including phenoxy) is 2. The summed E-state index contributed by atoms with van der Waals surface area (Å²) in [5.74, 6) is 1.21. The van der Waals surface area contributed by atoms with Crippen molar-refractivity contribution in [3.63, 3.8) is 0 Å². The van der Waals surface area contributed by atoms with Crippen molar-refractivity contribution in [1.82, 2.24) is 0 Å². The molecule has 0 bridgehead atoms. The minimum absolute atomic E-state index is 0.152. The number of nitro benzene ring substituents is 1. The second-order valence-electron chi connectivity index (χ2n) is 7.15. The van der Waals surface area contributed by atoms with Crippen LogP contribution in [0.25, 0.3) is 0 Å². The Labute approximate surface area is 172 Å². The molecule has 0 saturated carbocycles. The molecule has 1 unspecified atom stereocenters. The first kappa shape index (κ1) is 19.5. The largest absolute Gasteiger partial charge is 0.486 e. The Hall–Kier alpha value is -2.84. The maximum absolute atomic E-state index is 12.6. The molecule has 2 aromatic rings. The second kappa shape index (κ2) is 8.26. The SMILES string of the molecule is O=C(C[NH+]1CCC[C@@H]1c1ccc2c(c1)OCCO2)Nc1ccc(Cl)cc1[N+](=O)[O-]. The number of hydrogen-bond acceptors (Lipinski definition) is 5. The number of likely N-dealkylation sites (tertiary alicyclic amines) is 1. The lowest BCUT2D eigenvalue weighted by Gasteiger charge is -2.24. The third-order valence-corrected chi connectivity index (χ3v) is 5.51. The molecule has 152 valence electrons. The Morgan fingerprint density at radius 1 is 1.21 bits per heavy atom. The fourth-order valence-electron chi connectivity index (χ4n) is 3.96. The topological polar surface area (TPSA) is 95.1 Å². The Bertz CT molecular complexity index is 952. The zero-order valence-electron chi connectivity index (χ0n) is 15.7. The highest BCUT2D eigenvalue weighted by atomic mass is 35.5. The Balaban J connectivity index is 1.46. The molecule has 0 aliphatic carbocycles. The van der Waals surface area contributed by atoms with Gasteiger partial charge in [-0.2, -0.15) is 0 Å². The molecule has 1 saturated heterocycles. The summed E-state index contributed by atoms with van der Waals surface area (Å²) in [5, 5.41) is 14.1. The smallest absolute Gasteiger partial charge is 0.294 e. The third-order valence-electron chi connectivity index (χ3n) is 5.27. The maximum atomic E-state index is 12.6. The van der Waals surface area contributed by atoms with Gasteiger partial charge >= 0.3 is 0 Å². The minimum Gasteiger partial charge on any atom is -0.486 e. The predicted molar refractivity (Wildman–Crippen MR) is 107 cm³/mol. The van der Waals surface area contributed by atoms with Crippen LogP contribution in [0.15, 0.2) is 36.4 Å². The van der Waals surface area contributed by atoms with Crippen LogP contribution in [-0.4, -0.2) is 37.1 Å². The number of amides is 1. The minimum atomic E-state index is -0.553. The van der Waals surface area contributed by atoms with Crippen LogP contribution in [0.4, 0.5) is 11.4 Å². The molecule has 0 spiro atoms. The van der Waals surface area contributed by atoms with Gasteiger partial charge in [0.2, 0.25) is 0 Å². The number of carbonyl (C=O) groups is 1. The van der Waals surface area contributed by atoms with Crippen LogP contribution in [0, 0.1) is 10.1 Å². The van der Waals surface area contributed by atoms with Crippen molar-refractivity contribution in [1.29, 1.82) is 0 Å². The van der Waals surface area contributed by atoms with E-state index in [0.29, 0.717) is 13.2 Å². The summed E-state index contributed by atoms with van der Waals surface area (Å²) in [6.07, 6.45) is 1.96. The van der Waals surface area contributed by atoms with Crippen molar-refractivity contribution in [2.24, 2.45) is 0 Å². The Kier molecular flexibility index (Phi) is 5.55. The highest BCUT2D eigenvalue weighted by Crippen LogP contribution is 2.33. The standard InChI is InChI=1S/C20H20ClN3O5/c21-14-4-5-15(17(11-14)24(26)27)22-20(25)12-23-7-1-2-16(23)13-3-6-18-19(10-13)29-9-8-28-18/h3-6,10-11,16H,1-2,7-9,12H2,(H,22,25)/p+1/t16-/m1/s1. The summed E-state index contributed by atoms with van der Waals surface area (Å²) in [5.41, 5.74) is 1.04. The molecule has 2 atom stereocenters. The number of hydrogen-bond donors (Lipinski definition) is 2. The van der Waals surface area contributed by atoms with Crippen LogP contribution < -0.4 is 19.7 Å². The first-order valence-corrected chi connectivity index (χ1v) is 9.87. The fourth-order valence-corrected chi connectivity index (χ4v) is 4.13. The normalized spacial score (nSPS) is 20.3. The van der Waals surface area contributed by atoms with Gasteiger partial charge < -0.3 is 19.7 Å². The van der Waals surface area contributed by atoms with Crippen molar-refractivity contribution in [2.45, 2.75) is 18.9 Å². The highest BCUT2D eigenvalue weighted by molar-refractivity contribution is 6.31. The highest BCUT2D eigenvalue weighted by Gasteiger charge is 2.33. The van der Waals surface area contributed by atoms with Gasteiger partial charge in [-0.25, -0.2) is 0 Å². The van der Waals surface area contributed by atoms with E-state index in [1.807, 2.05) is 18.2 Å². The predicted octanol–water partition coefficient (Wildman–Crippen LogP) is 2.38. The van der Waals surface area contributed by atoms with E-state index in [4.69, 9.17) is 21.1 Å². The third kappa shape index (κ3) is 4.28. The van der Waals surface area contributed by atoms with Gasteiger partial charge in [-0.05, 0) is 30.3 Å². The molecule has 0 radical (unpaired) electrons. The first-order valence-electron chi connectivity index (χ1n) is 9.49.